The zero-order chi connectivity index (χ0) is 21.5. The minimum Gasteiger partial charge on any atom is -0.404 e. The van der Waals surface area contributed by atoms with Gasteiger partial charge in [0, 0.05) is 30.9 Å². The van der Waals surface area contributed by atoms with Gasteiger partial charge in [-0.2, -0.15) is 0 Å². The van der Waals surface area contributed by atoms with E-state index in [2.05, 4.69) is 0 Å². The summed E-state index contributed by atoms with van der Waals surface area (Å²) in [7, 11) is 0. The largest absolute Gasteiger partial charge is 0.433 e. The second kappa shape index (κ2) is 7.11. The third kappa shape index (κ3) is 3.41. The first-order valence-corrected chi connectivity index (χ1v) is 8.71. The molecule has 0 unspecified atom stereocenters. The van der Waals surface area contributed by atoms with Crippen molar-refractivity contribution in [2.45, 2.75) is 12.5 Å². The first-order valence-electron chi connectivity index (χ1n) is 8.71. The fourth-order valence-corrected chi connectivity index (χ4v) is 3.36. The normalized spacial score (nSPS) is 18.3. The molecule has 0 aliphatic carbocycles. The van der Waals surface area contributed by atoms with Gasteiger partial charge in [0.05, 0.1) is 17.5 Å². The van der Waals surface area contributed by atoms with Crippen LogP contribution < -0.4 is 4.90 Å². The van der Waals surface area contributed by atoms with E-state index in [4.69, 9.17) is 13.9 Å². The van der Waals surface area contributed by atoms with Crippen LogP contribution in [0.4, 0.5) is 17.3 Å². The van der Waals surface area contributed by atoms with E-state index in [-0.39, 0.29) is 31.1 Å². The number of furan rings is 1. The maximum absolute atomic E-state index is 11.8. The first-order chi connectivity index (χ1) is 14.3. The van der Waals surface area contributed by atoms with E-state index >= 15 is 0 Å². The maximum atomic E-state index is 11.8. The highest BCUT2D eigenvalue weighted by atomic mass is 16.8. The number of hydrogen-bond donors (Lipinski definition) is 0. The van der Waals surface area contributed by atoms with Crippen LogP contribution in [0.1, 0.15) is 5.76 Å². The molecule has 0 N–H and O–H groups in total. The molecule has 30 heavy (non-hydrogen) atoms. The van der Waals surface area contributed by atoms with Crippen LogP contribution in [0.15, 0.2) is 40.8 Å². The van der Waals surface area contributed by atoms with Crippen molar-refractivity contribution in [2.75, 3.05) is 24.5 Å². The highest BCUT2D eigenvalue weighted by Gasteiger charge is 2.56. The standard InChI is InChI=1S/C17H14N4O9/c22-15-16(23)30-17(29-15)10-18(11-1-3-12(4-2-11)20(24)25)7-8-19(17)9-13-5-6-14(28-13)21(26)27/h1-6H,7-10H2. The van der Waals surface area contributed by atoms with E-state index in [1.165, 1.54) is 41.3 Å². The molecule has 0 radical (unpaired) electrons. The number of ether oxygens (including phenoxy) is 2. The Morgan fingerprint density at radius 3 is 2.17 bits per heavy atom. The van der Waals surface area contributed by atoms with Crippen molar-refractivity contribution >= 4 is 29.2 Å². The molecule has 3 heterocycles. The van der Waals surface area contributed by atoms with Crippen LogP contribution >= 0.6 is 0 Å². The zero-order valence-electron chi connectivity index (χ0n) is 15.3. The lowest BCUT2D eigenvalue weighted by molar-refractivity contribution is -0.402. The number of non-ortho nitro benzene ring substituents is 1. The number of nitrogens with zero attached hydrogens (tertiary/aromatic N) is 4. The summed E-state index contributed by atoms with van der Waals surface area (Å²) in [6.07, 6.45) is 0. The fraction of sp³-hybridized carbons (Fsp3) is 0.294. The molecule has 2 saturated heterocycles. The monoisotopic (exact) mass is 418 g/mol. The summed E-state index contributed by atoms with van der Waals surface area (Å²) in [6, 6.07) is 8.35. The van der Waals surface area contributed by atoms with E-state index in [9.17, 15) is 29.8 Å². The fourth-order valence-electron chi connectivity index (χ4n) is 3.36. The number of esters is 2. The van der Waals surface area contributed by atoms with Crippen LogP contribution in [0.5, 0.6) is 0 Å². The molecule has 156 valence electrons. The van der Waals surface area contributed by atoms with E-state index in [1.807, 2.05) is 0 Å². The van der Waals surface area contributed by atoms with Gasteiger partial charge in [0.2, 0.25) is 0 Å². The number of rotatable bonds is 5. The van der Waals surface area contributed by atoms with Crippen LogP contribution in [0.2, 0.25) is 0 Å². The van der Waals surface area contributed by atoms with Gasteiger partial charge in [-0.05, 0) is 18.2 Å². The predicted octanol–water partition coefficient (Wildman–Crippen LogP) is 1.17. The SMILES string of the molecule is O=C1OC2(CN(c3ccc([N+](=O)[O-])cc3)CCN2Cc2ccc([N+](=O)[O-])o2)OC1=O. The molecule has 2 fully saturated rings. The number of nitro benzene ring substituents is 1. The molecule has 2 aliphatic heterocycles. The second-order valence-electron chi connectivity index (χ2n) is 6.61. The van der Waals surface area contributed by atoms with E-state index < -0.39 is 33.6 Å². The predicted molar refractivity (Wildman–Crippen MR) is 96.0 cm³/mol. The van der Waals surface area contributed by atoms with Gasteiger partial charge in [-0.1, -0.05) is 0 Å². The van der Waals surface area contributed by atoms with Crippen LogP contribution in [-0.2, 0) is 25.6 Å². The topological polar surface area (TPSA) is 158 Å². The van der Waals surface area contributed by atoms with Gasteiger partial charge in [0.15, 0.2) is 0 Å². The minimum absolute atomic E-state index is 0.0114. The van der Waals surface area contributed by atoms with E-state index in [0.29, 0.717) is 12.2 Å². The quantitative estimate of drug-likeness (QED) is 0.297. The van der Waals surface area contributed by atoms with Crippen molar-refractivity contribution in [3.63, 3.8) is 0 Å². The molecule has 1 aromatic carbocycles. The number of benzene rings is 1. The lowest BCUT2D eigenvalue weighted by Gasteiger charge is -2.45. The van der Waals surface area contributed by atoms with Crippen molar-refractivity contribution < 1.29 is 33.3 Å². The Morgan fingerprint density at radius 1 is 0.933 bits per heavy atom. The van der Waals surface area contributed by atoms with Gasteiger partial charge in [0.1, 0.15) is 17.2 Å². The molecule has 0 atom stereocenters. The Balaban J connectivity index is 1.58. The number of carbonyl (C=O) groups is 2. The molecule has 2 aliphatic rings. The van der Waals surface area contributed by atoms with Gasteiger partial charge >= 0.3 is 23.7 Å². The zero-order valence-corrected chi connectivity index (χ0v) is 15.3. The van der Waals surface area contributed by atoms with Gasteiger partial charge in [-0.25, -0.2) is 14.5 Å². The van der Waals surface area contributed by atoms with Crippen molar-refractivity contribution in [1.82, 2.24) is 4.90 Å². The Bertz CT molecular complexity index is 1020. The van der Waals surface area contributed by atoms with Crippen molar-refractivity contribution in [1.29, 1.82) is 0 Å². The lowest BCUT2D eigenvalue weighted by atomic mass is 10.2. The maximum Gasteiger partial charge on any atom is 0.433 e. The Morgan fingerprint density at radius 2 is 1.60 bits per heavy atom. The molecule has 0 saturated carbocycles. The molecule has 13 nitrogen and oxygen atoms in total. The van der Waals surface area contributed by atoms with Crippen LogP contribution in [0.3, 0.4) is 0 Å². The van der Waals surface area contributed by atoms with Crippen molar-refractivity contribution in [2.24, 2.45) is 0 Å². The summed E-state index contributed by atoms with van der Waals surface area (Å²) >= 11 is 0. The van der Waals surface area contributed by atoms with Gasteiger partial charge in [0.25, 0.3) is 5.69 Å². The molecule has 2 aromatic rings. The summed E-state index contributed by atoms with van der Waals surface area (Å²) in [4.78, 5) is 47.3. The molecular weight excluding hydrogens is 404 g/mol. The Kier molecular flexibility index (Phi) is 4.58. The smallest absolute Gasteiger partial charge is 0.404 e. The highest BCUT2D eigenvalue weighted by Crippen LogP contribution is 2.34. The Labute approximate surface area is 167 Å². The molecular formula is C17H14N4O9. The summed E-state index contributed by atoms with van der Waals surface area (Å²) in [5.74, 6) is -4.28. The van der Waals surface area contributed by atoms with Crippen LogP contribution in [0, 0.1) is 20.2 Å². The summed E-state index contributed by atoms with van der Waals surface area (Å²) < 4.78 is 15.6. The number of piperazine rings is 1. The summed E-state index contributed by atoms with van der Waals surface area (Å²) in [5, 5.41) is 21.7. The number of anilines is 1. The summed E-state index contributed by atoms with van der Waals surface area (Å²) in [5.41, 5.74) is 0.525. The first kappa shape index (κ1) is 19.3. The van der Waals surface area contributed by atoms with Crippen LogP contribution in [-0.4, -0.2) is 52.2 Å². The number of carbonyl (C=O) groups excluding carboxylic acids is 2. The average Bonchev–Trinajstić information content (AvgIpc) is 3.29. The number of hydrogen-bond acceptors (Lipinski definition) is 11. The molecule has 1 spiro atoms. The van der Waals surface area contributed by atoms with Gasteiger partial charge in [-0.15, -0.1) is 0 Å². The molecule has 4 rings (SSSR count). The summed E-state index contributed by atoms with van der Waals surface area (Å²) in [6.45, 7) is 0.567. The van der Waals surface area contributed by atoms with Gasteiger partial charge < -0.3 is 18.8 Å². The van der Waals surface area contributed by atoms with Crippen molar-refractivity contribution in [3.8, 4) is 0 Å². The lowest BCUT2D eigenvalue weighted by Crippen LogP contribution is -2.63. The third-order valence-corrected chi connectivity index (χ3v) is 4.78. The molecule has 13 heteroatoms. The third-order valence-electron chi connectivity index (χ3n) is 4.78. The average molecular weight is 418 g/mol. The highest BCUT2D eigenvalue weighted by molar-refractivity contribution is 6.31. The van der Waals surface area contributed by atoms with Gasteiger partial charge in [-0.3, -0.25) is 20.2 Å². The van der Waals surface area contributed by atoms with E-state index in [1.54, 1.807) is 4.90 Å². The second-order valence-corrected chi connectivity index (χ2v) is 6.61. The van der Waals surface area contributed by atoms with Crippen molar-refractivity contribution in [3.05, 3.63) is 62.4 Å². The molecule has 1 aromatic heterocycles. The number of nitro groups is 2. The molecule has 0 amide bonds. The van der Waals surface area contributed by atoms with Crippen LogP contribution in [0.25, 0.3) is 0 Å². The van der Waals surface area contributed by atoms with E-state index in [0.717, 1.165) is 0 Å². The minimum atomic E-state index is -1.75. The molecule has 0 bridgehead atoms. The Hall–Kier alpha value is -4.00.